The molecule has 1 heterocycles. The summed E-state index contributed by atoms with van der Waals surface area (Å²) in [5.74, 6) is -0.384. The maximum absolute atomic E-state index is 13.7. The van der Waals surface area contributed by atoms with Gasteiger partial charge in [-0.25, -0.2) is 4.39 Å². The number of anilines is 3. The number of amides is 1. The summed E-state index contributed by atoms with van der Waals surface area (Å²) in [5, 5.41) is 11.1. The molecule has 0 aliphatic rings. The number of rotatable bonds is 6. The van der Waals surface area contributed by atoms with Gasteiger partial charge in [-0.05, 0) is 31.2 Å². The van der Waals surface area contributed by atoms with Crippen LogP contribution in [0.3, 0.4) is 0 Å². The van der Waals surface area contributed by atoms with E-state index in [0.717, 1.165) is 5.69 Å². The Labute approximate surface area is 159 Å². The topological polar surface area (TPSA) is 58.1 Å². The standard InChI is InChI=1S/C18H17FN4OS2/c1-12(16(24)23(2)13-8-4-3-5-9-13)25-18-22-21-17(26-18)20-15-11-7-6-10-14(15)19/h3-12H,1-2H3,(H,20,21)/t12-/m0/s1. The van der Waals surface area contributed by atoms with Gasteiger partial charge in [0.25, 0.3) is 0 Å². The van der Waals surface area contributed by atoms with Crippen molar-refractivity contribution in [3.05, 3.63) is 60.4 Å². The molecule has 1 aromatic heterocycles. The minimum absolute atomic E-state index is 0.0278. The molecule has 0 bridgehead atoms. The second-order valence-corrected chi connectivity index (χ2v) is 8.04. The van der Waals surface area contributed by atoms with Crippen LogP contribution in [-0.4, -0.2) is 28.4 Å². The number of nitrogens with one attached hydrogen (secondary N) is 1. The molecule has 8 heteroatoms. The molecule has 0 unspecified atom stereocenters. The largest absolute Gasteiger partial charge is 0.328 e. The van der Waals surface area contributed by atoms with Crippen molar-refractivity contribution in [3.8, 4) is 0 Å². The van der Waals surface area contributed by atoms with Crippen LogP contribution in [0.2, 0.25) is 0 Å². The first kappa shape index (κ1) is 18.3. The first-order chi connectivity index (χ1) is 12.5. The van der Waals surface area contributed by atoms with Crippen LogP contribution in [0.25, 0.3) is 0 Å². The molecule has 1 N–H and O–H groups in total. The first-order valence-corrected chi connectivity index (χ1v) is 9.58. The third-order valence-electron chi connectivity index (χ3n) is 3.62. The molecule has 134 valence electrons. The van der Waals surface area contributed by atoms with Crippen molar-refractivity contribution in [3.63, 3.8) is 0 Å². The second-order valence-electron chi connectivity index (χ2n) is 5.47. The Morgan fingerprint density at radius 3 is 2.58 bits per heavy atom. The lowest BCUT2D eigenvalue weighted by Crippen LogP contribution is -2.33. The van der Waals surface area contributed by atoms with Crippen LogP contribution < -0.4 is 10.2 Å². The molecule has 0 fully saturated rings. The van der Waals surface area contributed by atoms with Gasteiger partial charge in [0.1, 0.15) is 5.82 Å². The van der Waals surface area contributed by atoms with Crippen LogP contribution in [0.4, 0.5) is 20.9 Å². The van der Waals surface area contributed by atoms with Gasteiger partial charge in [0.2, 0.25) is 11.0 Å². The molecule has 3 aromatic rings. The predicted molar refractivity (Wildman–Crippen MR) is 105 cm³/mol. The van der Waals surface area contributed by atoms with Gasteiger partial charge in [-0.2, -0.15) is 0 Å². The monoisotopic (exact) mass is 388 g/mol. The Morgan fingerprint density at radius 2 is 1.85 bits per heavy atom. The number of para-hydroxylation sites is 2. The van der Waals surface area contributed by atoms with Gasteiger partial charge < -0.3 is 10.2 Å². The summed E-state index contributed by atoms with van der Waals surface area (Å²) in [5.41, 5.74) is 1.18. The SMILES string of the molecule is C[C@H](Sc1nnc(Nc2ccccc2F)s1)C(=O)N(C)c1ccccc1. The van der Waals surface area contributed by atoms with Crippen LogP contribution in [0.1, 0.15) is 6.92 Å². The highest BCUT2D eigenvalue weighted by molar-refractivity contribution is 8.02. The van der Waals surface area contributed by atoms with Crippen molar-refractivity contribution in [2.75, 3.05) is 17.3 Å². The smallest absolute Gasteiger partial charge is 0.240 e. The Morgan fingerprint density at radius 1 is 1.15 bits per heavy atom. The van der Waals surface area contributed by atoms with E-state index in [1.807, 2.05) is 37.3 Å². The molecule has 0 radical (unpaired) electrons. The molecule has 0 spiro atoms. The summed E-state index contributed by atoms with van der Waals surface area (Å²) in [6, 6.07) is 15.8. The highest BCUT2D eigenvalue weighted by Crippen LogP contribution is 2.31. The Kier molecular flexibility index (Phi) is 5.85. The lowest BCUT2D eigenvalue weighted by atomic mass is 10.3. The fourth-order valence-corrected chi connectivity index (χ4v) is 4.24. The maximum atomic E-state index is 13.7. The van der Waals surface area contributed by atoms with E-state index in [1.54, 1.807) is 30.1 Å². The number of hydrogen-bond acceptors (Lipinski definition) is 6. The lowest BCUT2D eigenvalue weighted by molar-refractivity contribution is -0.117. The highest BCUT2D eigenvalue weighted by Gasteiger charge is 2.21. The maximum Gasteiger partial charge on any atom is 0.240 e. The molecule has 26 heavy (non-hydrogen) atoms. The summed E-state index contributed by atoms with van der Waals surface area (Å²) < 4.78 is 14.3. The van der Waals surface area contributed by atoms with Crippen molar-refractivity contribution in [2.45, 2.75) is 16.5 Å². The van der Waals surface area contributed by atoms with Crippen molar-refractivity contribution in [1.82, 2.24) is 10.2 Å². The van der Waals surface area contributed by atoms with E-state index < -0.39 is 0 Å². The van der Waals surface area contributed by atoms with Crippen molar-refractivity contribution in [2.24, 2.45) is 0 Å². The molecule has 5 nitrogen and oxygen atoms in total. The van der Waals surface area contributed by atoms with Crippen molar-refractivity contribution >= 4 is 45.5 Å². The minimum Gasteiger partial charge on any atom is -0.328 e. The van der Waals surface area contributed by atoms with Gasteiger partial charge in [0.05, 0.1) is 10.9 Å². The Bertz CT molecular complexity index is 888. The van der Waals surface area contributed by atoms with Gasteiger partial charge in [-0.15, -0.1) is 10.2 Å². The quantitative estimate of drug-likeness (QED) is 0.627. The average molecular weight is 388 g/mol. The van der Waals surface area contributed by atoms with Crippen LogP contribution >= 0.6 is 23.1 Å². The van der Waals surface area contributed by atoms with Crippen LogP contribution in [0.5, 0.6) is 0 Å². The molecule has 0 aliphatic heterocycles. The molecule has 0 saturated heterocycles. The minimum atomic E-state index is -0.357. The molecule has 0 saturated carbocycles. The zero-order valence-electron chi connectivity index (χ0n) is 14.2. The first-order valence-electron chi connectivity index (χ1n) is 7.89. The molecule has 2 aromatic carbocycles. The molecule has 0 aliphatic carbocycles. The van der Waals surface area contributed by atoms with E-state index in [-0.39, 0.29) is 17.0 Å². The van der Waals surface area contributed by atoms with Crippen LogP contribution in [0.15, 0.2) is 58.9 Å². The van der Waals surface area contributed by atoms with E-state index in [0.29, 0.717) is 15.2 Å². The molecular weight excluding hydrogens is 371 g/mol. The van der Waals surface area contributed by atoms with E-state index in [1.165, 1.54) is 29.2 Å². The lowest BCUT2D eigenvalue weighted by Gasteiger charge is -2.20. The summed E-state index contributed by atoms with van der Waals surface area (Å²) in [6.07, 6.45) is 0. The van der Waals surface area contributed by atoms with E-state index in [9.17, 15) is 9.18 Å². The zero-order valence-corrected chi connectivity index (χ0v) is 15.9. The molecular formula is C18H17FN4OS2. The van der Waals surface area contributed by atoms with E-state index in [2.05, 4.69) is 15.5 Å². The number of hydrogen-bond donors (Lipinski definition) is 1. The number of benzene rings is 2. The predicted octanol–water partition coefficient (Wildman–Crippen LogP) is 4.56. The number of carbonyl (C=O) groups is 1. The zero-order chi connectivity index (χ0) is 18.5. The summed E-state index contributed by atoms with van der Waals surface area (Å²) in [4.78, 5) is 14.2. The van der Waals surface area contributed by atoms with Crippen molar-refractivity contribution < 1.29 is 9.18 Å². The average Bonchev–Trinajstić information content (AvgIpc) is 3.10. The number of halogens is 1. The van der Waals surface area contributed by atoms with Crippen LogP contribution in [0, 0.1) is 5.82 Å². The number of aromatic nitrogens is 2. The van der Waals surface area contributed by atoms with Gasteiger partial charge in [-0.1, -0.05) is 53.4 Å². The number of carbonyl (C=O) groups excluding carboxylic acids is 1. The van der Waals surface area contributed by atoms with E-state index >= 15 is 0 Å². The summed E-state index contributed by atoms with van der Waals surface area (Å²) >= 11 is 2.61. The second kappa shape index (κ2) is 8.29. The van der Waals surface area contributed by atoms with Gasteiger partial charge >= 0.3 is 0 Å². The summed E-state index contributed by atoms with van der Waals surface area (Å²) in [7, 11) is 1.75. The third-order valence-corrected chi connectivity index (χ3v) is 5.63. The van der Waals surface area contributed by atoms with Gasteiger partial charge in [-0.3, -0.25) is 4.79 Å². The number of nitrogens with zero attached hydrogens (tertiary/aromatic N) is 3. The highest BCUT2D eigenvalue weighted by atomic mass is 32.2. The Balaban J connectivity index is 1.63. The van der Waals surface area contributed by atoms with Gasteiger partial charge in [0, 0.05) is 12.7 Å². The molecule has 3 rings (SSSR count). The van der Waals surface area contributed by atoms with Crippen molar-refractivity contribution in [1.29, 1.82) is 0 Å². The Hall–Kier alpha value is -2.45. The third kappa shape index (κ3) is 4.39. The fraction of sp³-hybridized carbons (Fsp3) is 0.167. The van der Waals surface area contributed by atoms with E-state index in [4.69, 9.17) is 0 Å². The normalized spacial score (nSPS) is 11.8. The number of thioether (sulfide) groups is 1. The summed E-state index contributed by atoms with van der Waals surface area (Å²) in [6.45, 7) is 1.83. The van der Waals surface area contributed by atoms with Gasteiger partial charge in [0.15, 0.2) is 4.34 Å². The molecule has 1 atom stereocenters. The fourth-order valence-electron chi connectivity index (χ4n) is 2.24. The van der Waals surface area contributed by atoms with Crippen LogP contribution in [-0.2, 0) is 4.79 Å². The molecule has 1 amide bonds.